The highest BCUT2D eigenvalue weighted by molar-refractivity contribution is 7.93. The normalized spacial score (nSPS) is 13.3. The van der Waals surface area contributed by atoms with Gasteiger partial charge < -0.3 is 30.3 Å². The Bertz CT molecular complexity index is 1790. The van der Waals surface area contributed by atoms with E-state index in [2.05, 4.69) is 35.4 Å². The molecule has 2 aromatic heterocycles. The third-order valence-electron chi connectivity index (χ3n) is 6.63. The Morgan fingerprint density at radius 2 is 1.76 bits per heavy atom. The Labute approximate surface area is 268 Å². The Morgan fingerprint density at radius 1 is 1.09 bits per heavy atom. The zero-order valence-corrected chi connectivity index (χ0v) is 27.5. The van der Waals surface area contributed by atoms with Crippen LogP contribution >= 0.6 is 0 Å². The molecule has 0 aliphatic heterocycles. The number of anilines is 4. The van der Waals surface area contributed by atoms with Crippen LogP contribution in [0.4, 0.5) is 27.9 Å². The summed E-state index contributed by atoms with van der Waals surface area (Å²) in [5.74, 6) is 1.26. The van der Waals surface area contributed by atoms with Gasteiger partial charge in [0, 0.05) is 51.8 Å². The molecule has 4 N–H and O–H groups in total. The molecule has 0 saturated heterocycles. The number of aliphatic hydroxyl groups is 1. The number of aliphatic hydroxyl groups excluding tert-OH is 1. The SMILES string of the molecule is CCOC(=O)N=S(C)(=O)c1ccc(Nc2ncc(-c3ccc(NC(=O)Cc4cc(C(C)(C)C)on4)cc3)c(NC(C)CO)n2)cc1. The fraction of sp³-hybridized carbons (Fsp3) is 0.344. The lowest BCUT2D eigenvalue weighted by Crippen LogP contribution is -2.21. The van der Waals surface area contributed by atoms with E-state index in [1.807, 2.05) is 39.8 Å². The number of nitrogens with one attached hydrogen (secondary N) is 3. The predicted molar refractivity (Wildman–Crippen MR) is 177 cm³/mol. The quantitative estimate of drug-likeness (QED) is 0.155. The molecule has 244 valence electrons. The molecule has 0 saturated carbocycles. The summed E-state index contributed by atoms with van der Waals surface area (Å²) in [5, 5.41) is 22.9. The average molecular weight is 650 g/mol. The zero-order valence-electron chi connectivity index (χ0n) is 26.7. The van der Waals surface area contributed by atoms with Crippen LogP contribution in [0.15, 0.2) is 74.6 Å². The molecule has 13 nitrogen and oxygen atoms in total. The first-order valence-electron chi connectivity index (χ1n) is 14.6. The molecule has 0 fully saturated rings. The number of rotatable bonds is 11. The van der Waals surface area contributed by atoms with Crippen LogP contribution in [0.25, 0.3) is 11.1 Å². The lowest BCUT2D eigenvalue weighted by molar-refractivity contribution is -0.115. The first kappa shape index (κ1) is 34.1. The Kier molecular flexibility index (Phi) is 10.7. The van der Waals surface area contributed by atoms with Crippen molar-refractivity contribution < 1.29 is 28.2 Å². The van der Waals surface area contributed by atoms with E-state index < -0.39 is 15.8 Å². The van der Waals surface area contributed by atoms with E-state index in [9.17, 15) is 18.9 Å². The minimum Gasteiger partial charge on any atom is -0.448 e. The summed E-state index contributed by atoms with van der Waals surface area (Å²) in [5.41, 5.74) is 3.06. The Hall–Kier alpha value is -4.82. The van der Waals surface area contributed by atoms with Crippen molar-refractivity contribution in [1.29, 1.82) is 0 Å². The number of hydrogen-bond acceptors (Lipinski definition) is 11. The number of nitrogens with zero attached hydrogens (tertiary/aromatic N) is 4. The topological polar surface area (TPSA) is 181 Å². The first-order chi connectivity index (χ1) is 21.8. The molecule has 2 unspecified atom stereocenters. The maximum atomic E-state index is 12.9. The highest BCUT2D eigenvalue weighted by Crippen LogP contribution is 2.30. The second-order valence-corrected chi connectivity index (χ2v) is 13.9. The van der Waals surface area contributed by atoms with Crippen LogP contribution in [0.5, 0.6) is 0 Å². The number of hydrogen-bond donors (Lipinski definition) is 4. The number of aromatic nitrogens is 3. The molecule has 0 spiro atoms. The molecule has 0 aliphatic carbocycles. The van der Waals surface area contributed by atoms with Crippen molar-refractivity contribution in [2.24, 2.45) is 4.36 Å². The number of carbonyl (C=O) groups is 2. The highest BCUT2D eigenvalue weighted by atomic mass is 32.2. The molecular weight excluding hydrogens is 610 g/mol. The van der Waals surface area contributed by atoms with Gasteiger partial charge in [-0.3, -0.25) is 4.79 Å². The summed E-state index contributed by atoms with van der Waals surface area (Å²) < 4.78 is 26.7. The Morgan fingerprint density at radius 3 is 2.37 bits per heavy atom. The van der Waals surface area contributed by atoms with E-state index in [0.29, 0.717) is 39.1 Å². The summed E-state index contributed by atoms with van der Waals surface area (Å²) in [6.45, 7) is 9.53. The number of carbonyl (C=O) groups excluding carboxylic acids is 2. The van der Waals surface area contributed by atoms with Crippen molar-refractivity contribution in [3.05, 3.63) is 72.2 Å². The van der Waals surface area contributed by atoms with E-state index in [1.54, 1.807) is 55.6 Å². The van der Waals surface area contributed by atoms with Gasteiger partial charge in [-0.15, -0.1) is 4.36 Å². The van der Waals surface area contributed by atoms with Gasteiger partial charge in [-0.2, -0.15) is 4.98 Å². The van der Waals surface area contributed by atoms with Gasteiger partial charge in [-0.25, -0.2) is 14.0 Å². The van der Waals surface area contributed by atoms with Gasteiger partial charge in [-0.05, 0) is 55.8 Å². The molecule has 0 radical (unpaired) electrons. The van der Waals surface area contributed by atoms with Crippen LogP contribution in [0.1, 0.15) is 46.1 Å². The molecule has 14 heteroatoms. The van der Waals surface area contributed by atoms with Gasteiger partial charge in [0.25, 0.3) is 0 Å². The standard InChI is InChI=1S/C32H39N7O6S/c1-7-44-31(42)39-46(6,43)25-14-12-23(13-15-25)36-30-33-18-26(29(37-30)34-20(2)19-40)21-8-10-22(11-9-21)35-28(41)17-24-16-27(45-38-24)32(3,4)5/h8-16,18,20,40H,7,17,19H2,1-6H3,(H,35,41)(H2,33,34,36,37). The smallest absolute Gasteiger partial charge is 0.442 e. The maximum absolute atomic E-state index is 12.9. The van der Waals surface area contributed by atoms with Crippen molar-refractivity contribution in [1.82, 2.24) is 15.1 Å². The van der Waals surface area contributed by atoms with Gasteiger partial charge in [0.2, 0.25) is 11.9 Å². The van der Waals surface area contributed by atoms with Gasteiger partial charge in [0.1, 0.15) is 11.6 Å². The van der Waals surface area contributed by atoms with E-state index in [1.165, 1.54) is 6.26 Å². The molecule has 46 heavy (non-hydrogen) atoms. The second kappa shape index (κ2) is 14.5. The fourth-order valence-corrected chi connectivity index (χ4v) is 5.24. The van der Waals surface area contributed by atoms with Gasteiger partial charge in [0.15, 0.2) is 0 Å². The first-order valence-corrected chi connectivity index (χ1v) is 16.6. The predicted octanol–water partition coefficient (Wildman–Crippen LogP) is 5.76. The van der Waals surface area contributed by atoms with Crippen LogP contribution in [-0.2, 0) is 31.1 Å². The third-order valence-corrected chi connectivity index (χ3v) is 8.27. The summed E-state index contributed by atoms with van der Waals surface area (Å²) >= 11 is 0. The Balaban J connectivity index is 1.48. The van der Waals surface area contributed by atoms with Crippen LogP contribution in [0, 0.1) is 0 Å². The molecule has 0 bridgehead atoms. The van der Waals surface area contributed by atoms with Gasteiger partial charge in [-0.1, -0.05) is 38.1 Å². The average Bonchev–Trinajstić information content (AvgIpc) is 3.47. The van der Waals surface area contributed by atoms with E-state index >= 15 is 0 Å². The highest BCUT2D eigenvalue weighted by Gasteiger charge is 2.21. The number of ether oxygens (including phenoxy) is 1. The molecule has 0 aliphatic rings. The van der Waals surface area contributed by atoms with E-state index in [0.717, 1.165) is 5.56 Å². The third kappa shape index (κ3) is 9.11. The van der Waals surface area contributed by atoms with Crippen LogP contribution < -0.4 is 16.0 Å². The number of amides is 2. The summed E-state index contributed by atoms with van der Waals surface area (Å²) in [4.78, 5) is 33.8. The van der Waals surface area contributed by atoms with Crippen molar-refractivity contribution >= 4 is 44.9 Å². The fourth-order valence-electron chi connectivity index (χ4n) is 4.16. The van der Waals surface area contributed by atoms with Crippen LogP contribution in [0.3, 0.4) is 0 Å². The van der Waals surface area contributed by atoms with Crippen LogP contribution in [-0.4, -0.2) is 62.0 Å². The van der Waals surface area contributed by atoms with Crippen molar-refractivity contribution in [3.8, 4) is 11.1 Å². The number of benzene rings is 2. The summed E-state index contributed by atoms with van der Waals surface area (Å²) in [6.07, 6.45) is 2.23. The van der Waals surface area contributed by atoms with E-state index in [-0.39, 0.29) is 42.9 Å². The monoisotopic (exact) mass is 649 g/mol. The lowest BCUT2D eigenvalue weighted by Gasteiger charge is -2.17. The van der Waals surface area contributed by atoms with Gasteiger partial charge >= 0.3 is 6.09 Å². The molecule has 4 aromatic rings. The van der Waals surface area contributed by atoms with Crippen molar-refractivity contribution in [2.75, 3.05) is 35.4 Å². The second-order valence-electron chi connectivity index (χ2n) is 11.7. The lowest BCUT2D eigenvalue weighted by atomic mass is 9.93. The molecule has 2 atom stereocenters. The van der Waals surface area contributed by atoms with Crippen molar-refractivity contribution in [2.45, 2.75) is 57.4 Å². The van der Waals surface area contributed by atoms with Crippen molar-refractivity contribution in [3.63, 3.8) is 0 Å². The molecule has 4 rings (SSSR count). The summed E-state index contributed by atoms with van der Waals surface area (Å²) in [7, 11) is -2.98. The molecular formula is C32H39N7O6S. The largest absolute Gasteiger partial charge is 0.448 e. The van der Waals surface area contributed by atoms with E-state index in [4.69, 9.17) is 9.26 Å². The van der Waals surface area contributed by atoms with Crippen LogP contribution in [0.2, 0.25) is 0 Å². The zero-order chi connectivity index (χ0) is 33.5. The molecule has 2 amide bonds. The minimum absolute atomic E-state index is 0.0831. The molecule has 2 aromatic carbocycles. The minimum atomic E-state index is -2.98. The molecule has 2 heterocycles. The summed E-state index contributed by atoms with van der Waals surface area (Å²) in [6, 6.07) is 15.3. The van der Waals surface area contributed by atoms with Gasteiger partial charge in [0.05, 0.1) is 35.1 Å². The maximum Gasteiger partial charge on any atom is 0.442 e.